The number of para-hydroxylation sites is 1. The van der Waals surface area contributed by atoms with Gasteiger partial charge in [-0.1, -0.05) is 48.5 Å². The van der Waals surface area contributed by atoms with E-state index < -0.39 is 11.5 Å². The van der Waals surface area contributed by atoms with E-state index in [4.69, 9.17) is 9.84 Å². The maximum atomic E-state index is 13.6. The molecule has 1 saturated carbocycles. The van der Waals surface area contributed by atoms with Crippen LogP contribution >= 0.6 is 0 Å². The number of hydrogen-bond donors (Lipinski definition) is 3. The van der Waals surface area contributed by atoms with Crippen LogP contribution in [0.5, 0.6) is 0 Å². The van der Waals surface area contributed by atoms with Gasteiger partial charge in [0.1, 0.15) is 11.4 Å². The summed E-state index contributed by atoms with van der Waals surface area (Å²) in [5, 5.41) is 20.6. The van der Waals surface area contributed by atoms with Crippen LogP contribution in [0.3, 0.4) is 0 Å². The Kier molecular flexibility index (Phi) is 8.53. The van der Waals surface area contributed by atoms with Gasteiger partial charge in [-0.2, -0.15) is 5.10 Å². The number of aromatic nitrogens is 3. The standard InChI is InChI=1S/C32H35N5O5/c1-20-28(23-18-26(31(39)40)30(38)36(2)19-23)35-37(24-12-8-5-9-13-24)29(20)34-32(41)33-27-17-21(14-15-42-3)16-25(27)22-10-6-4-7-11-22/h4-13,18-19,21,25,27H,14-17H2,1-3H3,(H,39,40)(H2,33,34,41)/t21-,25-,27+/m0/s1. The van der Waals surface area contributed by atoms with Crippen LogP contribution in [0.25, 0.3) is 16.9 Å². The molecule has 1 aliphatic carbocycles. The zero-order valence-electron chi connectivity index (χ0n) is 23.9. The highest BCUT2D eigenvalue weighted by atomic mass is 16.5. The lowest BCUT2D eigenvalue weighted by atomic mass is 9.93. The van der Waals surface area contributed by atoms with Gasteiger partial charge in [0.15, 0.2) is 0 Å². The molecule has 0 saturated heterocycles. The summed E-state index contributed by atoms with van der Waals surface area (Å²) >= 11 is 0. The highest BCUT2D eigenvalue weighted by molar-refractivity contribution is 5.92. The third-order valence-electron chi connectivity index (χ3n) is 7.98. The fraction of sp³-hybridized carbons (Fsp3) is 0.312. The Morgan fingerprint density at radius 2 is 1.76 bits per heavy atom. The van der Waals surface area contributed by atoms with E-state index in [0.29, 0.717) is 40.9 Å². The highest BCUT2D eigenvalue weighted by Crippen LogP contribution is 2.40. The molecule has 2 aromatic heterocycles. The Morgan fingerprint density at radius 1 is 1.07 bits per heavy atom. The Morgan fingerprint density at radius 3 is 2.43 bits per heavy atom. The molecule has 2 heterocycles. The topological polar surface area (TPSA) is 127 Å². The van der Waals surface area contributed by atoms with Gasteiger partial charge in [-0.3, -0.25) is 10.1 Å². The van der Waals surface area contributed by atoms with E-state index in [-0.39, 0.29) is 23.6 Å². The molecule has 3 N–H and O–H groups in total. The first kappa shape index (κ1) is 28.8. The van der Waals surface area contributed by atoms with Gasteiger partial charge in [-0.05, 0) is 55.9 Å². The molecule has 0 aliphatic heterocycles. The van der Waals surface area contributed by atoms with E-state index in [0.717, 1.165) is 19.3 Å². The van der Waals surface area contributed by atoms with Gasteiger partial charge in [0.05, 0.1) is 11.4 Å². The Hall–Kier alpha value is -4.70. The maximum Gasteiger partial charge on any atom is 0.341 e. The molecule has 4 aromatic rings. The fourth-order valence-corrected chi connectivity index (χ4v) is 5.87. The van der Waals surface area contributed by atoms with E-state index in [1.165, 1.54) is 23.2 Å². The molecular weight excluding hydrogens is 534 g/mol. The summed E-state index contributed by atoms with van der Waals surface area (Å²) in [7, 11) is 3.20. The molecule has 1 fully saturated rings. The van der Waals surface area contributed by atoms with E-state index in [9.17, 15) is 19.5 Å². The number of carboxylic acid groups (broad SMARTS) is 1. The Balaban J connectivity index is 1.47. The third kappa shape index (κ3) is 5.99. The van der Waals surface area contributed by atoms with Gasteiger partial charge in [0.2, 0.25) is 0 Å². The van der Waals surface area contributed by atoms with Crippen LogP contribution < -0.4 is 16.2 Å². The number of aromatic carboxylic acids is 1. The molecule has 2 amide bonds. The number of pyridine rings is 1. The lowest BCUT2D eigenvalue weighted by Gasteiger charge is -2.22. The summed E-state index contributed by atoms with van der Waals surface area (Å²) in [4.78, 5) is 37.7. The number of benzene rings is 2. The second kappa shape index (κ2) is 12.4. The average Bonchev–Trinajstić information content (AvgIpc) is 3.54. The molecule has 3 atom stereocenters. The number of carbonyl (C=O) groups is 2. The highest BCUT2D eigenvalue weighted by Gasteiger charge is 2.36. The van der Waals surface area contributed by atoms with Crippen molar-refractivity contribution in [2.45, 2.75) is 38.1 Å². The molecule has 0 spiro atoms. The Labute approximate surface area is 244 Å². The van der Waals surface area contributed by atoms with Crippen LogP contribution in [0, 0.1) is 12.8 Å². The number of nitrogens with zero attached hydrogens (tertiary/aromatic N) is 3. The van der Waals surface area contributed by atoms with Crippen molar-refractivity contribution < 1.29 is 19.4 Å². The molecule has 1 aliphatic rings. The summed E-state index contributed by atoms with van der Waals surface area (Å²) in [6.45, 7) is 2.49. The van der Waals surface area contributed by atoms with Gasteiger partial charge in [-0.25, -0.2) is 14.3 Å². The van der Waals surface area contributed by atoms with E-state index in [2.05, 4.69) is 22.8 Å². The van der Waals surface area contributed by atoms with Crippen LogP contribution in [0.4, 0.5) is 10.6 Å². The maximum absolute atomic E-state index is 13.6. The number of amides is 2. The number of carboxylic acids is 1. The monoisotopic (exact) mass is 569 g/mol. The van der Waals surface area contributed by atoms with Gasteiger partial charge in [0, 0.05) is 50.0 Å². The molecule has 0 bridgehead atoms. The largest absolute Gasteiger partial charge is 0.477 e. The van der Waals surface area contributed by atoms with Crippen LogP contribution in [0.1, 0.15) is 46.7 Å². The summed E-state index contributed by atoms with van der Waals surface area (Å²) in [5.41, 5.74) is 2.48. The van der Waals surface area contributed by atoms with Crippen molar-refractivity contribution in [1.82, 2.24) is 19.7 Å². The summed E-state index contributed by atoms with van der Waals surface area (Å²) in [5.74, 6) is -0.264. The van der Waals surface area contributed by atoms with Crippen LogP contribution in [0.2, 0.25) is 0 Å². The lowest BCUT2D eigenvalue weighted by molar-refractivity contribution is 0.0694. The normalized spacial score (nSPS) is 18.1. The van der Waals surface area contributed by atoms with Crippen molar-refractivity contribution >= 4 is 17.8 Å². The first-order valence-electron chi connectivity index (χ1n) is 14.0. The molecule has 10 heteroatoms. The van der Waals surface area contributed by atoms with E-state index in [1.807, 2.05) is 55.5 Å². The number of nitrogens with one attached hydrogen (secondary N) is 2. The SMILES string of the molecule is COCC[C@@H]1C[C@@H](NC(=O)Nc2c(C)c(-c3cc(C(=O)O)c(=O)n(C)c3)nn2-c2ccccc2)[C@H](c2ccccc2)C1. The summed E-state index contributed by atoms with van der Waals surface area (Å²) in [6.07, 6.45) is 4.28. The molecule has 2 aromatic carbocycles. The third-order valence-corrected chi connectivity index (χ3v) is 7.98. The minimum absolute atomic E-state index is 0.0658. The van der Waals surface area contributed by atoms with Crippen molar-refractivity contribution in [2.75, 3.05) is 19.0 Å². The Bertz CT molecular complexity index is 1630. The van der Waals surface area contributed by atoms with Gasteiger partial charge in [-0.15, -0.1) is 0 Å². The fourth-order valence-electron chi connectivity index (χ4n) is 5.87. The number of rotatable bonds is 9. The smallest absolute Gasteiger partial charge is 0.341 e. The van der Waals surface area contributed by atoms with Crippen LogP contribution in [0.15, 0.2) is 77.7 Å². The van der Waals surface area contributed by atoms with Gasteiger partial charge >= 0.3 is 12.0 Å². The summed E-state index contributed by atoms with van der Waals surface area (Å²) < 4.78 is 8.17. The van der Waals surface area contributed by atoms with Crippen molar-refractivity contribution in [3.05, 3.63) is 100.0 Å². The number of methoxy groups -OCH3 is 1. The average molecular weight is 570 g/mol. The van der Waals surface area contributed by atoms with Gasteiger partial charge in [0.25, 0.3) is 5.56 Å². The molecule has 5 rings (SSSR count). The first-order chi connectivity index (χ1) is 20.3. The molecule has 218 valence electrons. The number of ether oxygens (including phenoxy) is 1. The van der Waals surface area contributed by atoms with Crippen LogP contribution in [-0.4, -0.2) is 51.2 Å². The predicted molar refractivity (Wildman–Crippen MR) is 160 cm³/mol. The minimum Gasteiger partial charge on any atom is -0.477 e. The first-order valence-corrected chi connectivity index (χ1v) is 14.0. The van der Waals surface area contributed by atoms with E-state index in [1.54, 1.807) is 18.0 Å². The van der Waals surface area contributed by atoms with Crippen molar-refractivity contribution in [3.8, 4) is 16.9 Å². The number of carbonyl (C=O) groups excluding carboxylic acids is 1. The zero-order chi connectivity index (χ0) is 29.8. The molecule has 42 heavy (non-hydrogen) atoms. The zero-order valence-corrected chi connectivity index (χ0v) is 23.9. The number of urea groups is 1. The quantitative estimate of drug-likeness (QED) is 0.261. The molecule has 10 nitrogen and oxygen atoms in total. The number of hydrogen-bond acceptors (Lipinski definition) is 5. The predicted octanol–water partition coefficient (Wildman–Crippen LogP) is 4.97. The molecule has 0 unspecified atom stereocenters. The number of aryl methyl sites for hydroxylation is 1. The molecular formula is C32H35N5O5. The molecule has 0 radical (unpaired) electrons. The second-order valence-electron chi connectivity index (χ2n) is 10.8. The van der Waals surface area contributed by atoms with Crippen molar-refractivity contribution in [1.29, 1.82) is 0 Å². The van der Waals surface area contributed by atoms with Crippen molar-refractivity contribution in [3.63, 3.8) is 0 Å². The summed E-state index contributed by atoms with van der Waals surface area (Å²) in [6, 6.07) is 20.5. The van der Waals surface area contributed by atoms with E-state index >= 15 is 0 Å². The van der Waals surface area contributed by atoms with Crippen molar-refractivity contribution in [2.24, 2.45) is 13.0 Å². The minimum atomic E-state index is -1.32. The van der Waals surface area contributed by atoms with Crippen LogP contribution in [-0.2, 0) is 11.8 Å². The lowest BCUT2D eigenvalue weighted by Crippen LogP contribution is -2.40. The van der Waals surface area contributed by atoms with Gasteiger partial charge < -0.3 is 19.7 Å². The number of anilines is 1. The second-order valence-corrected chi connectivity index (χ2v) is 10.8.